The number of hydrogen-bond acceptors (Lipinski definition) is 3. The zero-order valence-corrected chi connectivity index (χ0v) is 7.24. The molecule has 0 unspecified atom stereocenters. The van der Waals surface area contributed by atoms with E-state index in [1.54, 1.807) is 0 Å². The molecule has 0 heterocycles. The number of nitrogens with zero attached hydrogens (tertiary/aromatic N) is 1. The molecular formula is C9H12N2O. The molecule has 1 rings (SSSR count). The summed E-state index contributed by atoms with van der Waals surface area (Å²) >= 11 is 0. The number of benzene rings is 1. The quantitative estimate of drug-likeness (QED) is 0.545. The maximum absolute atomic E-state index is 6.72. The molecule has 12 heavy (non-hydrogen) atoms. The minimum absolute atomic E-state index is 0.690. The third kappa shape index (κ3) is 1.99. The molecule has 1 aromatic carbocycles. The fourth-order valence-corrected chi connectivity index (χ4v) is 0.891. The van der Waals surface area contributed by atoms with Gasteiger partial charge in [0.05, 0.1) is 0 Å². The Balaban J connectivity index is 2.78. The Morgan fingerprint density at radius 2 is 1.83 bits per heavy atom. The van der Waals surface area contributed by atoms with Crippen molar-refractivity contribution in [3.05, 3.63) is 24.3 Å². The van der Waals surface area contributed by atoms with E-state index in [9.17, 15) is 0 Å². The molecule has 0 aliphatic heterocycles. The average Bonchev–Trinajstić information content (AvgIpc) is 2.06. The lowest BCUT2D eigenvalue weighted by Crippen LogP contribution is -2.07. The van der Waals surface area contributed by atoms with E-state index < -0.39 is 0 Å². The molecule has 1 aromatic rings. The van der Waals surface area contributed by atoms with E-state index in [1.165, 1.54) is 0 Å². The molecule has 0 bridgehead atoms. The van der Waals surface area contributed by atoms with Gasteiger partial charge in [0.1, 0.15) is 5.75 Å². The first-order valence-electron chi connectivity index (χ1n) is 3.67. The third-order valence-corrected chi connectivity index (χ3v) is 1.55. The molecule has 0 aromatic heterocycles. The van der Waals surface area contributed by atoms with Gasteiger partial charge < -0.3 is 9.64 Å². The van der Waals surface area contributed by atoms with Crippen LogP contribution in [0.1, 0.15) is 0 Å². The normalized spacial score (nSPS) is 9.17. The molecule has 0 saturated carbocycles. The first-order chi connectivity index (χ1) is 5.74. The summed E-state index contributed by atoms with van der Waals surface area (Å²) in [5.74, 6) is 0.690. The van der Waals surface area contributed by atoms with Crippen LogP contribution in [-0.4, -0.2) is 20.5 Å². The Morgan fingerprint density at radius 3 is 2.25 bits per heavy atom. The molecule has 0 amide bonds. The second-order valence-electron chi connectivity index (χ2n) is 2.62. The van der Waals surface area contributed by atoms with Crippen molar-refractivity contribution in [2.24, 2.45) is 0 Å². The van der Waals surface area contributed by atoms with Crippen molar-refractivity contribution in [1.29, 1.82) is 5.41 Å². The highest BCUT2D eigenvalue weighted by atomic mass is 16.5. The van der Waals surface area contributed by atoms with Crippen molar-refractivity contribution < 1.29 is 4.74 Å². The second kappa shape index (κ2) is 3.76. The minimum Gasteiger partial charge on any atom is -0.446 e. The van der Waals surface area contributed by atoms with Gasteiger partial charge in [-0.2, -0.15) is 0 Å². The van der Waals surface area contributed by atoms with E-state index in [4.69, 9.17) is 10.1 Å². The summed E-state index contributed by atoms with van der Waals surface area (Å²) < 4.78 is 4.86. The van der Waals surface area contributed by atoms with Crippen LogP contribution in [0.4, 0.5) is 5.69 Å². The molecule has 0 aliphatic rings. The van der Waals surface area contributed by atoms with Crippen LogP contribution in [0, 0.1) is 5.41 Å². The molecule has 0 atom stereocenters. The van der Waals surface area contributed by atoms with E-state index in [2.05, 4.69) is 0 Å². The molecule has 64 valence electrons. The fraction of sp³-hybridized carbons (Fsp3) is 0.222. The van der Waals surface area contributed by atoms with Crippen molar-refractivity contribution in [1.82, 2.24) is 0 Å². The lowest BCUT2D eigenvalue weighted by atomic mass is 10.3. The molecule has 3 nitrogen and oxygen atoms in total. The van der Waals surface area contributed by atoms with Crippen LogP contribution in [0.25, 0.3) is 0 Å². The Bertz CT molecular complexity index is 254. The van der Waals surface area contributed by atoms with E-state index in [0.717, 1.165) is 12.1 Å². The maximum atomic E-state index is 6.72. The molecule has 3 heteroatoms. The largest absolute Gasteiger partial charge is 0.446 e. The SMILES string of the molecule is CN(C)c1ccc(OC=N)cc1. The summed E-state index contributed by atoms with van der Waals surface area (Å²) in [6.45, 7) is 0. The summed E-state index contributed by atoms with van der Waals surface area (Å²) in [6.07, 6.45) is 0.921. The van der Waals surface area contributed by atoms with Gasteiger partial charge in [-0.05, 0) is 24.3 Å². The van der Waals surface area contributed by atoms with Gasteiger partial charge in [-0.3, -0.25) is 5.41 Å². The summed E-state index contributed by atoms with van der Waals surface area (Å²) in [5.41, 5.74) is 1.12. The van der Waals surface area contributed by atoms with Gasteiger partial charge in [-0.1, -0.05) is 0 Å². The average molecular weight is 164 g/mol. The van der Waals surface area contributed by atoms with E-state index in [0.29, 0.717) is 5.75 Å². The highest BCUT2D eigenvalue weighted by molar-refractivity contribution is 5.52. The smallest absolute Gasteiger partial charge is 0.173 e. The summed E-state index contributed by atoms with van der Waals surface area (Å²) in [6, 6.07) is 7.55. The number of anilines is 1. The fourth-order valence-electron chi connectivity index (χ4n) is 0.891. The number of hydrogen-bond donors (Lipinski definition) is 1. The predicted octanol–water partition coefficient (Wildman–Crippen LogP) is 1.74. The van der Waals surface area contributed by atoms with Crippen LogP contribution in [-0.2, 0) is 0 Å². The van der Waals surface area contributed by atoms with Gasteiger partial charge in [0.15, 0.2) is 6.40 Å². The number of nitrogens with one attached hydrogen (secondary N) is 1. The molecule has 0 radical (unpaired) electrons. The van der Waals surface area contributed by atoms with Crippen LogP contribution in [0.15, 0.2) is 24.3 Å². The zero-order valence-electron chi connectivity index (χ0n) is 7.24. The number of ether oxygens (including phenoxy) is 1. The monoisotopic (exact) mass is 164 g/mol. The molecular weight excluding hydrogens is 152 g/mol. The van der Waals surface area contributed by atoms with Crippen molar-refractivity contribution in [3.63, 3.8) is 0 Å². The van der Waals surface area contributed by atoms with Gasteiger partial charge in [0, 0.05) is 19.8 Å². The van der Waals surface area contributed by atoms with Gasteiger partial charge in [0.25, 0.3) is 0 Å². The van der Waals surface area contributed by atoms with Gasteiger partial charge >= 0.3 is 0 Å². The van der Waals surface area contributed by atoms with Crippen molar-refractivity contribution >= 4 is 12.1 Å². The Kier molecular flexibility index (Phi) is 2.69. The maximum Gasteiger partial charge on any atom is 0.173 e. The molecule has 0 fully saturated rings. The molecule has 0 aliphatic carbocycles. The van der Waals surface area contributed by atoms with Crippen molar-refractivity contribution in [3.8, 4) is 5.75 Å². The standard InChI is InChI=1S/C9H12N2O/c1-11(2)8-3-5-9(6-4-8)12-7-10/h3-7,10H,1-2H3. The molecule has 0 spiro atoms. The minimum atomic E-state index is 0.690. The zero-order chi connectivity index (χ0) is 8.97. The highest BCUT2D eigenvalue weighted by Gasteiger charge is 1.94. The number of rotatable bonds is 3. The first-order valence-corrected chi connectivity index (χ1v) is 3.67. The van der Waals surface area contributed by atoms with Crippen LogP contribution in [0.5, 0.6) is 5.75 Å². The Morgan fingerprint density at radius 1 is 1.25 bits per heavy atom. The van der Waals surface area contributed by atoms with E-state index in [1.807, 2.05) is 43.3 Å². The topological polar surface area (TPSA) is 36.3 Å². The summed E-state index contributed by atoms with van der Waals surface area (Å²) in [5, 5.41) is 6.72. The first kappa shape index (κ1) is 8.59. The van der Waals surface area contributed by atoms with Gasteiger partial charge in [0.2, 0.25) is 0 Å². The van der Waals surface area contributed by atoms with E-state index >= 15 is 0 Å². The Hall–Kier alpha value is -1.51. The molecule has 0 saturated heterocycles. The lowest BCUT2D eigenvalue weighted by Gasteiger charge is -2.11. The summed E-state index contributed by atoms with van der Waals surface area (Å²) in [4.78, 5) is 2.01. The van der Waals surface area contributed by atoms with Crippen LogP contribution in [0.2, 0.25) is 0 Å². The lowest BCUT2D eigenvalue weighted by molar-refractivity contribution is 0.570. The summed E-state index contributed by atoms with van der Waals surface area (Å²) in [7, 11) is 3.96. The molecule has 1 N–H and O–H groups in total. The van der Waals surface area contributed by atoms with Crippen LogP contribution < -0.4 is 9.64 Å². The van der Waals surface area contributed by atoms with E-state index in [-0.39, 0.29) is 0 Å². The van der Waals surface area contributed by atoms with Crippen molar-refractivity contribution in [2.75, 3.05) is 19.0 Å². The van der Waals surface area contributed by atoms with Crippen LogP contribution in [0.3, 0.4) is 0 Å². The van der Waals surface area contributed by atoms with Crippen LogP contribution >= 0.6 is 0 Å². The van der Waals surface area contributed by atoms with Crippen molar-refractivity contribution in [2.45, 2.75) is 0 Å². The Labute approximate surface area is 72.1 Å². The van der Waals surface area contributed by atoms with Gasteiger partial charge in [-0.25, -0.2) is 0 Å². The third-order valence-electron chi connectivity index (χ3n) is 1.55. The predicted molar refractivity (Wildman–Crippen MR) is 50.2 cm³/mol. The van der Waals surface area contributed by atoms with Gasteiger partial charge in [-0.15, -0.1) is 0 Å². The highest BCUT2D eigenvalue weighted by Crippen LogP contribution is 2.16. The second-order valence-corrected chi connectivity index (χ2v) is 2.62.